The third-order valence-corrected chi connectivity index (χ3v) is 5.90. The van der Waals surface area contributed by atoms with Gasteiger partial charge in [0, 0.05) is 25.3 Å². The third-order valence-electron chi connectivity index (χ3n) is 5.40. The van der Waals surface area contributed by atoms with Crippen LogP contribution in [0.5, 0.6) is 11.5 Å². The lowest BCUT2D eigenvalue weighted by Crippen LogP contribution is -2.31. The van der Waals surface area contributed by atoms with Gasteiger partial charge in [0.1, 0.15) is 17.3 Å². The van der Waals surface area contributed by atoms with Crippen LogP contribution < -0.4 is 9.47 Å². The highest BCUT2D eigenvalue weighted by atomic mass is 35.5. The molecule has 1 unspecified atom stereocenters. The molecule has 0 spiro atoms. The van der Waals surface area contributed by atoms with Crippen LogP contribution in [-0.2, 0) is 14.3 Å². The molecule has 0 saturated carbocycles. The van der Waals surface area contributed by atoms with E-state index in [0.29, 0.717) is 30.9 Å². The maximum Gasteiger partial charge on any atom is 0.295 e. The highest BCUT2D eigenvalue weighted by Crippen LogP contribution is 2.43. The molecule has 1 aliphatic rings. The Kier molecular flexibility index (Phi) is 8.83. The summed E-state index contributed by atoms with van der Waals surface area (Å²) in [6, 6.07) is 9.21. The van der Waals surface area contributed by atoms with Crippen LogP contribution in [0, 0.1) is 0 Å². The van der Waals surface area contributed by atoms with Gasteiger partial charge in [-0.15, -0.1) is 0 Å². The van der Waals surface area contributed by atoms with Crippen LogP contribution in [0.15, 0.2) is 42.0 Å². The number of nitrogens with zero attached hydrogens (tertiary/aromatic N) is 1. The molecule has 1 saturated heterocycles. The van der Waals surface area contributed by atoms with E-state index >= 15 is 0 Å². The van der Waals surface area contributed by atoms with Gasteiger partial charge in [-0.2, -0.15) is 0 Å². The fourth-order valence-electron chi connectivity index (χ4n) is 3.92. The number of ketones is 1. The van der Waals surface area contributed by atoms with E-state index in [9.17, 15) is 14.7 Å². The van der Waals surface area contributed by atoms with Crippen LogP contribution in [0.4, 0.5) is 0 Å². The first kappa shape index (κ1) is 25.9. The maximum atomic E-state index is 13.2. The van der Waals surface area contributed by atoms with E-state index in [0.717, 1.165) is 6.42 Å². The normalized spacial score (nSPS) is 17.3. The number of likely N-dealkylation sites (tertiary alicyclic amines) is 1. The maximum absolute atomic E-state index is 13.2. The van der Waals surface area contributed by atoms with Crippen molar-refractivity contribution in [3.63, 3.8) is 0 Å². The molecule has 1 amide bonds. The van der Waals surface area contributed by atoms with Gasteiger partial charge in [-0.05, 0) is 42.7 Å². The molecule has 7 nitrogen and oxygen atoms in total. The number of amides is 1. The van der Waals surface area contributed by atoms with Gasteiger partial charge < -0.3 is 24.2 Å². The Labute approximate surface area is 208 Å². The summed E-state index contributed by atoms with van der Waals surface area (Å²) in [4.78, 5) is 27.7. The number of carbonyl (C=O) groups is 2. The SMILES string of the molecule is CCCOc1cccc(C2/C(=C(\O)c3cc(Cl)cc(Cl)c3OC)C(=O)C(=O)N2CCCOC)c1. The predicted molar refractivity (Wildman–Crippen MR) is 131 cm³/mol. The zero-order valence-electron chi connectivity index (χ0n) is 19.3. The summed E-state index contributed by atoms with van der Waals surface area (Å²) in [5.41, 5.74) is 0.670. The number of ether oxygens (including phenoxy) is 3. The Hall–Kier alpha value is -2.74. The van der Waals surface area contributed by atoms with Crippen molar-refractivity contribution >= 4 is 40.7 Å². The smallest absolute Gasteiger partial charge is 0.295 e. The van der Waals surface area contributed by atoms with Crippen molar-refractivity contribution in [2.75, 3.05) is 34.0 Å². The van der Waals surface area contributed by atoms with Gasteiger partial charge in [-0.1, -0.05) is 42.3 Å². The van der Waals surface area contributed by atoms with E-state index in [1.165, 1.54) is 24.1 Å². The number of carbonyl (C=O) groups excluding carboxylic acids is 2. The summed E-state index contributed by atoms with van der Waals surface area (Å²) in [6.45, 7) is 3.19. The Morgan fingerprint density at radius 3 is 2.56 bits per heavy atom. The number of aliphatic hydroxyl groups is 1. The molecule has 34 heavy (non-hydrogen) atoms. The van der Waals surface area contributed by atoms with Crippen LogP contribution in [0.1, 0.15) is 36.9 Å². The number of methoxy groups -OCH3 is 2. The summed E-state index contributed by atoms with van der Waals surface area (Å²) in [5.74, 6) is -1.19. The van der Waals surface area contributed by atoms with Gasteiger partial charge in [-0.25, -0.2) is 0 Å². The molecule has 9 heteroatoms. The molecule has 182 valence electrons. The number of benzene rings is 2. The number of hydrogen-bond acceptors (Lipinski definition) is 6. The summed E-state index contributed by atoms with van der Waals surface area (Å²) >= 11 is 12.4. The molecule has 0 bridgehead atoms. The van der Waals surface area contributed by atoms with Gasteiger partial charge in [0.2, 0.25) is 0 Å². The van der Waals surface area contributed by atoms with Gasteiger partial charge >= 0.3 is 0 Å². The number of Topliss-reactive ketones (excluding diaryl/α,β-unsaturated/α-hetero) is 1. The summed E-state index contributed by atoms with van der Waals surface area (Å²) in [6.07, 6.45) is 1.34. The standard InChI is InChI=1S/C25H27Cl2NO6/c1-4-10-34-17-8-5-7-15(12-17)21-20(23(30)25(31)28(21)9-6-11-32-2)22(29)18-13-16(26)14-19(27)24(18)33-3/h5,7-8,12-14,21,29H,4,6,9-11H2,1-3H3/b22-20+. The molecule has 1 fully saturated rings. The molecule has 0 aliphatic carbocycles. The topological polar surface area (TPSA) is 85.3 Å². The molecule has 2 aromatic carbocycles. The fraction of sp³-hybridized carbons (Fsp3) is 0.360. The zero-order chi connectivity index (χ0) is 24.8. The van der Waals surface area contributed by atoms with Crippen molar-refractivity contribution in [3.05, 3.63) is 63.1 Å². The van der Waals surface area contributed by atoms with E-state index < -0.39 is 23.5 Å². The summed E-state index contributed by atoms with van der Waals surface area (Å²) in [7, 11) is 2.95. The quantitative estimate of drug-likeness (QED) is 0.204. The van der Waals surface area contributed by atoms with Crippen LogP contribution >= 0.6 is 23.2 Å². The zero-order valence-corrected chi connectivity index (χ0v) is 20.8. The lowest BCUT2D eigenvalue weighted by molar-refractivity contribution is -0.140. The van der Waals surface area contributed by atoms with E-state index in [-0.39, 0.29) is 33.5 Å². The Morgan fingerprint density at radius 1 is 1.12 bits per heavy atom. The molecule has 0 radical (unpaired) electrons. The molecule has 1 N–H and O–H groups in total. The monoisotopic (exact) mass is 507 g/mol. The first-order valence-corrected chi connectivity index (χ1v) is 11.6. The average molecular weight is 508 g/mol. The van der Waals surface area contributed by atoms with Gasteiger partial charge in [0.05, 0.1) is 35.9 Å². The molecule has 1 heterocycles. The minimum absolute atomic E-state index is 0.0771. The van der Waals surface area contributed by atoms with Crippen LogP contribution in [0.2, 0.25) is 10.0 Å². The van der Waals surface area contributed by atoms with Crippen molar-refractivity contribution in [1.82, 2.24) is 4.90 Å². The summed E-state index contributed by atoms with van der Waals surface area (Å²) in [5, 5.41) is 11.7. The van der Waals surface area contributed by atoms with Crippen molar-refractivity contribution in [2.45, 2.75) is 25.8 Å². The lowest BCUT2D eigenvalue weighted by Gasteiger charge is -2.26. The second-order valence-electron chi connectivity index (χ2n) is 7.73. The molecule has 2 aromatic rings. The van der Waals surface area contributed by atoms with Gasteiger partial charge in [-0.3, -0.25) is 9.59 Å². The van der Waals surface area contributed by atoms with Crippen molar-refractivity contribution in [1.29, 1.82) is 0 Å². The molecular weight excluding hydrogens is 481 g/mol. The molecular formula is C25H27Cl2NO6. The number of rotatable bonds is 10. The predicted octanol–water partition coefficient (Wildman–Crippen LogP) is 5.25. The molecule has 0 aromatic heterocycles. The Bertz CT molecular complexity index is 1100. The van der Waals surface area contributed by atoms with E-state index in [1.807, 2.05) is 6.92 Å². The minimum atomic E-state index is -0.843. The second-order valence-corrected chi connectivity index (χ2v) is 8.57. The first-order chi connectivity index (χ1) is 16.3. The van der Waals surface area contributed by atoms with Gasteiger partial charge in [0.15, 0.2) is 0 Å². The van der Waals surface area contributed by atoms with E-state index in [2.05, 4.69) is 0 Å². The van der Waals surface area contributed by atoms with Crippen LogP contribution in [0.25, 0.3) is 5.76 Å². The summed E-state index contributed by atoms with van der Waals surface area (Å²) < 4.78 is 16.2. The van der Waals surface area contributed by atoms with E-state index in [4.69, 9.17) is 37.4 Å². The minimum Gasteiger partial charge on any atom is -0.507 e. The van der Waals surface area contributed by atoms with E-state index in [1.54, 1.807) is 31.4 Å². The number of hydrogen-bond donors (Lipinski definition) is 1. The fourth-order valence-corrected chi connectivity index (χ4v) is 4.49. The van der Waals surface area contributed by atoms with Crippen molar-refractivity contribution < 1.29 is 28.9 Å². The Balaban J connectivity index is 2.20. The lowest BCUT2D eigenvalue weighted by atomic mass is 9.94. The first-order valence-electron chi connectivity index (χ1n) is 10.9. The highest BCUT2D eigenvalue weighted by Gasteiger charge is 2.46. The largest absolute Gasteiger partial charge is 0.507 e. The molecule has 1 aliphatic heterocycles. The highest BCUT2D eigenvalue weighted by molar-refractivity contribution is 6.46. The average Bonchev–Trinajstić information content (AvgIpc) is 3.07. The van der Waals surface area contributed by atoms with Crippen LogP contribution in [-0.4, -0.2) is 55.7 Å². The molecule has 1 atom stereocenters. The van der Waals surface area contributed by atoms with Crippen molar-refractivity contribution in [3.8, 4) is 11.5 Å². The second kappa shape index (κ2) is 11.6. The number of aliphatic hydroxyl groups excluding tert-OH is 1. The number of halogens is 2. The van der Waals surface area contributed by atoms with Crippen molar-refractivity contribution in [2.24, 2.45) is 0 Å². The Morgan fingerprint density at radius 2 is 1.88 bits per heavy atom. The third kappa shape index (κ3) is 5.32. The van der Waals surface area contributed by atoms with Crippen LogP contribution in [0.3, 0.4) is 0 Å². The van der Waals surface area contributed by atoms with Gasteiger partial charge in [0.25, 0.3) is 11.7 Å². The molecule has 3 rings (SSSR count).